The van der Waals surface area contributed by atoms with Gasteiger partial charge in [-0.05, 0) is 53.9 Å². The summed E-state index contributed by atoms with van der Waals surface area (Å²) in [6, 6.07) is 18.1. The van der Waals surface area contributed by atoms with Crippen LogP contribution in [0.1, 0.15) is 23.8 Å². The van der Waals surface area contributed by atoms with Crippen LogP contribution >= 0.6 is 23.4 Å². The highest BCUT2D eigenvalue weighted by Gasteiger charge is 2.40. The van der Waals surface area contributed by atoms with Gasteiger partial charge in [0.15, 0.2) is 0 Å². The molecule has 3 aromatic rings. The Morgan fingerprint density at radius 3 is 2.31 bits per heavy atom. The summed E-state index contributed by atoms with van der Waals surface area (Å²) in [7, 11) is 0. The minimum Gasteiger partial charge on any atom is -0.468 e. The lowest BCUT2D eigenvalue weighted by Gasteiger charge is -2.15. The molecule has 0 radical (unpaired) electrons. The van der Waals surface area contributed by atoms with Gasteiger partial charge in [-0.1, -0.05) is 42.8 Å². The molecule has 1 aromatic heterocycles. The molecule has 4 nitrogen and oxygen atoms in total. The van der Waals surface area contributed by atoms with Gasteiger partial charge < -0.3 is 4.42 Å². The average molecular weight is 424 g/mol. The zero-order valence-electron chi connectivity index (χ0n) is 15.7. The highest BCUT2D eigenvalue weighted by atomic mass is 35.5. The monoisotopic (exact) mass is 423 g/mol. The van der Waals surface area contributed by atoms with Gasteiger partial charge in [0.25, 0.3) is 11.8 Å². The van der Waals surface area contributed by atoms with Gasteiger partial charge in [0.1, 0.15) is 5.76 Å². The zero-order chi connectivity index (χ0) is 20.4. The summed E-state index contributed by atoms with van der Waals surface area (Å²) in [5.41, 5.74) is 2.77. The summed E-state index contributed by atoms with van der Waals surface area (Å²) in [6.07, 6.45) is 2.48. The van der Waals surface area contributed by atoms with Crippen molar-refractivity contribution in [2.75, 3.05) is 4.90 Å². The molecular formula is C23H18ClNO3S. The molecule has 0 atom stereocenters. The van der Waals surface area contributed by atoms with Crippen LogP contribution in [-0.4, -0.2) is 11.8 Å². The largest absolute Gasteiger partial charge is 0.468 e. The third-order valence-corrected chi connectivity index (χ3v) is 6.06. The van der Waals surface area contributed by atoms with Crippen molar-refractivity contribution in [3.05, 3.63) is 93.7 Å². The number of carbonyl (C=O) groups excluding carboxylic acids is 2. The molecule has 2 heterocycles. The Labute approximate surface area is 178 Å². The van der Waals surface area contributed by atoms with E-state index < -0.39 is 0 Å². The maximum absolute atomic E-state index is 13.3. The third kappa shape index (κ3) is 3.88. The summed E-state index contributed by atoms with van der Waals surface area (Å²) in [6.45, 7) is 2.06. The smallest absolute Gasteiger partial charge is 0.272 e. The van der Waals surface area contributed by atoms with E-state index in [1.54, 1.807) is 36.6 Å². The van der Waals surface area contributed by atoms with E-state index in [9.17, 15) is 9.59 Å². The highest BCUT2D eigenvalue weighted by molar-refractivity contribution is 8.03. The topological polar surface area (TPSA) is 50.5 Å². The maximum Gasteiger partial charge on any atom is 0.272 e. The first-order valence-electron chi connectivity index (χ1n) is 9.21. The van der Waals surface area contributed by atoms with Gasteiger partial charge in [-0.2, -0.15) is 0 Å². The van der Waals surface area contributed by atoms with Crippen LogP contribution in [0.25, 0.3) is 5.57 Å². The molecule has 0 saturated heterocycles. The number of anilines is 1. The van der Waals surface area contributed by atoms with Crippen LogP contribution in [0.3, 0.4) is 0 Å². The van der Waals surface area contributed by atoms with Crippen molar-refractivity contribution in [1.82, 2.24) is 0 Å². The fraction of sp³-hybridized carbons (Fsp3) is 0.130. The maximum atomic E-state index is 13.3. The molecule has 1 aliphatic rings. The molecule has 4 rings (SSSR count). The van der Waals surface area contributed by atoms with Gasteiger partial charge in [0.05, 0.1) is 28.2 Å². The fourth-order valence-electron chi connectivity index (χ4n) is 3.17. The van der Waals surface area contributed by atoms with E-state index in [0.717, 1.165) is 17.7 Å². The number of hydrogen-bond donors (Lipinski definition) is 0. The van der Waals surface area contributed by atoms with E-state index in [2.05, 4.69) is 6.92 Å². The summed E-state index contributed by atoms with van der Waals surface area (Å²) >= 11 is 7.31. The first-order chi connectivity index (χ1) is 14.1. The lowest BCUT2D eigenvalue weighted by Crippen LogP contribution is -2.31. The number of furan rings is 1. The molecule has 0 N–H and O–H groups in total. The van der Waals surface area contributed by atoms with Crippen molar-refractivity contribution in [1.29, 1.82) is 0 Å². The average Bonchev–Trinajstić information content (AvgIpc) is 3.34. The summed E-state index contributed by atoms with van der Waals surface area (Å²) in [5, 5.41) is 0.572. The summed E-state index contributed by atoms with van der Waals surface area (Å²) in [5.74, 6) is 0.550. The van der Waals surface area contributed by atoms with Gasteiger partial charge in [-0.3, -0.25) is 9.59 Å². The Kier molecular flexibility index (Phi) is 5.60. The lowest BCUT2D eigenvalue weighted by molar-refractivity contribution is -0.119. The number of benzene rings is 2. The van der Waals surface area contributed by atoms with Crippen molar-refractivity contribution in [3.63, 3.8) is 0 Å². The van der Waals surface area contributed by atoms with Gasteiger partial charge >= 0.3 is 0 Å². The number of rotatable bonds is 6. The molecule has 1 aliphatic heterocycles. The molecule has 0 spiro atoms. The van der Waals surface area contributed by atoms with Crippen molar-refractivity contribution in [2.45, 2.75) is 19.1 Å². The molecular weight excluding hydrogens is 406 g/mol. The van der Waals surface area contributed by atoms with Gasteiger partial charge in [-0.15, -0.1) is 11.8 Å². The van der Waals surface area contributed by atoms with E-state index in [1.807, 2.05) is 30.3 Å². The van der Waals surface area contributed by atoms with Crippen LogP contribution in [-0.2, 0) is 21.8 Å². The molecule has 0 aliphatic carbocycles. The number of thioether (sulfide) groups is 1. The van der Waals surface area contributed by atoms with Crippen molar-refractivity contribution >= 4 is 46.4 Å². The van der Waals surface area contributed by atoms with Crippen LogP contribution in [0.4, 0.5) is 5.69 Å². The Morgan fingerprint density at radius 1 is 0.966 bits per heavy atom. The van der Waals surface area contributed by atoms with Gasteiger partial charge in [0, 0.05) is 5.02 Å². The molecule has 0 fully saturated rings. The van der Waals surface area contributed by atoms with Gasteiger partial charge in [0.2, 0.25) is 0 Å². The minimum atomic E-state index is -0.330. The Bertz CT molecular complexity index is 1070. The number of aryl methyl sites for hydroxylation is 1. The Balaban J connectivity index is 1.72. The molecule has 0 saturated carbocycles. The SMILES string of the molecule is CCc1ccc(N2C(=O)C(SCc3ccco3)=C(c3ccc(Cl)cc3)C2=O)cc1. The quantitative estimate of drug-likeness (QED) is 0.476. The number of hydrogen-bond acceptors (Lipinski definition) is 4. The second-order valence-corrected chi connectivity index (χ2v) is 7.97. The lowest BCUT2D eigenvalue weighted by atomic mass is 10.1. The van der Waals surface area contributed by atoms with E-state index >= 15 is 0 Å². The molecule has 0 bridgehead atoms. The second-order valence-electron chi connectivity index (χ2n) is 6.54. The van der Waals surface area contributed by atoms with Crippen LogP contribution in [0.2, 0.25) is 5.02 Å². The van der Waals surface area contributed by atoms with E-state index in [-0.39, 0.29) is 11.8 Å². The van der Waals surface area contributed by atoms with Crippen molar-refractivity contribution in [2.24, 2.45) is 0 Å². The number of carbonyl (C=O) groups is 2. The van der Waals surface area contributed by atoms with Gasteiger partial charge in [-0.25, -0.2) is 4.90 Å². The predicted octanol–water partition coefficient (Wildman–Crippen LogP) is 5.71. The molecule has 2 amide bonds. The fourth-order valence-corrected chi connectivity index (χ4v) is 4.31. The van der Waals surface area contributed by atoms with Crippen LogP contribution in [0.5, 0.6) is 0 Å². The molecule has 146 valence electrons. The standard InChI is InChI=1S/C23H18ClNO3S/c1-2-15-5-11-18(12-6-15)25-22(26)20(16-7-9-17(24)10-8-16)21(23(25)27)29-14-19-4-3-13-28-19/h3-13H,2,14H2,1H3. The molecule has 0 unspecified atom stereocenters. The summed E-state index contributed by atoms with van der Waals surface area (Å²) < 4.78 is 5.38. The predicted molar refractivity (Wildman–Crippen MR) is 117 cm³/mol. The first kappa shape index (κ1) is 19.6. The zero-order valence-corrected chi connectivity index (χ0v) is 17.3. The number of halogens is 1. The Morgan fingerprint density at radius 2 is 1.69 bits per heavy atom. The first-order valence-corrected chi connectivity index (χ1v) is 10.6. The third-order valence-electron chi connectivity index (χ3n) is 4.72. The molecule has 6 heteroatoms. The number of imide groups is 1. The van der Waals surface area contributed by atoms with E-state index in [1.165, 1.54) is 16.7 Å². The van der Waals surface area contributed by atoms with E-state index in [0.29, 0.717) is 32.5 Å². The second kappa shape index (κ2) is 8.31. The minimum absolute atomic E-state index is 0.319. The molecule has 29 heavy (non-hydrogen) atoms. The summed E-state index contributed by atoms with van der Waals surface area (Å²) in [4.78, 5) is 28.2. The van der Waals surface area contributed by atoms with Crippen molar-refractivity contribution in [3.8, 4) is 0 Å². The number of nitrogens with zero attached hydrogens (tertiary/aromatic N) is 1. The van der Waals surface area contributed by atoms with Crippen LogP contribution < -0.4 is 4.90 Å². The normalized spacial score (nSPS) is 14.2. The van der Waals surface area contributed by atoms with Crippen molar-refractivity contribution < 1.29 is 14.0 Å². The number of amides is 2. The Hall–Kier alpha value is -2.76. The molecule has 2 aromatic carbocycles. The van der Waals surface area contributed by atoms with E-state index in [4.69, 9.17) is 16.0 Å². The highest BCUT2D eigenvalue weighted by Crippen LogP contribution is 2.39. The van der Waals surface area contributed by atoms with Crippen LogP contribution in [0, 0.1) is 0 Å². The van der Waals surface area contributed by atoms with Crippen LogP contribution in [0.15, 0.2) is 76.2 Å².